The molecule has 0 aliphatic heterocycles. The van der Waals surface area contributed by atoms with Crippen LogP contribution >= 0.6 is 11.5 Å². The summed E-state index contributed by atoms with van der Waals surface area (Å²) < 4.78 is 8.98. The predicted octanol–water partition coefficient (Wildman–Crippen LogP) is 1.83. The molecule has 6 heteroatoms. The highest BCUT2D eigenvalue weighted by atomic mass is 32.1. The molecule has 0 aromatic carbocycles. The largest absolute Gasteiger partial charge is 0.468 e. The second-order valence-corrected chi connectivity index (χ2v) is 5.47. The zero-order chi connectivity index (χ0) is 13.1. The van der Waals surface area contributed by atoms with Gasteiger partial charge in [-0.2, -0.15) is 4.37 Å². The molecule has 0 unspecified atom stereocenters. The van der Waals surface area contributed by atoms with E-state index in [-0.39, 0.29) is 17.9 Å². The zero-order valence-electron chi connectivity index (χ0n) is 11.0. The quantitative estimate of drug-likeness (QED) is 0.770. The van der Waals surface area contributed by atoms with Crippen molar-refractivity contribution in [2.45, 2.75) is 33.1 Å². The summed E-state index contributed by atoms with van der Waals surface area (Å²) >= 11 is 1.32. The monoisotopic (exact) mass is 257 g/mol. The van der Waals surface area contributed by atoms with Gasteiger partial charge in [0.1, 0.15) is 12.4 Å². The van der Waals surface area contributed by atoms with Crippen LogP contribution in [-0.2, 0) is 14.9 Å². The molecule has 0 saturated heterocycles. The molecular formula is C11H19N3O2S. The second kappa shape index (κ2) is 5.44. The summed E-state index contributed by atoms with van der Waals surface area (Å²) in [6.07, 6.45) is 0. The van der Waals surface area contributed by atoms with Crippen molar-refractivity contribution in [3.8, 4) is 0 Å². The lowest BCUT2D eigenvalue weighted by molar-refractivity contribution is -0.138. The van der Waals surface area contributed by atoms with Crippen LogP contribution in [-0.4, -0.2) is 35.5 Å². The molecule has 0 spiro atoms. The van der Waals surface area contributed by atoms with Crippen molar-refractivity contribution in [1.82, 2.24) is 9.36 Å². The zero-order valence-corrected chi connectivity index (χ0v) is 11.8. The molecule has 0 amide bonds. The van der Waals surface area contributed by atoms with E-state index in [0.717, 1.165) is 11.0 Å². The first-order valence-corrected chi connectivity index (χ1v) is 6.31. The van der Waals surface area contributed by atoms with Crippen LogP contribution in [0.2, 0.25) is 0 Å². The normalized spacial score (nSPS) is 11.4. The third-order valence-electron chi connectivity index (χ3n) is 2.29. The minimum atomic E-state index is -0.264. The van der Waals surface area contributed by atoms with Crippen molar-refractivity contribution in [3.05, 3.63) is 5.82 Å². The maximum Gasteiger partial charge on any atom is 0.325 e. The van der Waals surface area contributed by atoms with Crippen molar-refractivity contribution in [2.24, 2.45) is 0 Å². The second-order valence-electron chi connectivity index (χ2n) is 4.74. The lowest BCUT2D eigenvalue weighted by Gasteiger charge is -2.17. The number of methoxy groups -OCH3 is 1. The van der Waals surface area contributed by atoms with Crippen LogP contribution in [0.1, 0.15) is 33.5 Å². The highest BCUT2D eigenvalue weighted by molar-refractivity contribution is 7.09. The van der Waals surface area contributed by atoms with Crippen molar-refractivity contribution in [2.75, 3.05) is 25.1 Å². The van der Waals surface area contributed by atoms with Crippen LogP contribution in [0.15, 0.2) is 0 Å². The van der Waals surface area contributed by atoms with Gasteiger partial charge in [0.25, 0.3) is 0 Å². The fraction of sp³-hybridized carbons (Fsp3) is 0.727. The molecule has 0 radical (unpaired) electrons. The first kappa shape index (κ1) is 13.9. The molecule has 1 heterocycles. The number of aromatic nitrogens is 2. The number of nitrogens with zero attached hydrogens (tertiary/aromatic N) is 3. The predicted molar refractivity (Wildman–Crippen MR) is 68.5 cm³/mol. The van der Waals surface area contributed by atoms with E-state index in [4.69, 9.17) is 0 Å². The van der Waals surface area contributed by atoms with Gasteiger partial charge in [-0.25, -0.2) is 4.98 Å². The SMILES string of the molecule is CCN(CC(=O)OC)c1nc(C(C)(C)C)ns1. The van der Waals surface area contributed by atoms with Gasteiger partial charge in [-0.15, -0.1) is 0 Å². The number of hydrogen-bond acceptors (Lipinski definition) is 6. The molecule has 17 heavy (non-hydrogen) atoms. The first-order chi connectivity index (χ1) is 7.88. The Hall–Kier alpha value is -1.17. The standard InChI is InChI=1S/C11H19N3O2S/c1-6-14(7-8(15)16-5)10-12-9(13-17-10)11(2,3)4/h6-7H2,1-5H3. The average Bonchev–Trinajstić information content (AvgIpc) is 2.74. The Morgan fingerprint density at radius 1 is 1.47 bits per heavy atom. The Bertz CT molecular complexity index is 384. The van der Waals surface area contributed by atoms with Gasteiger partial charge < -0.3 is 9.64 Å². The molecule has 0 bridgehead atoms. The van der Waals surface area contributed by atoms with Gasteiger partial charge in [0.15, 0.2) is 0 Å². The Labute approximate surface area is 106 Å². The Kier molecular flexibility index (Phi) is 4.45. The molecule has 0 aliphatic carbocycles. The van der Waals surface area contributed by atoms with E-state index in [1.165, 1.54) is 18.6 Å². The highest BCUT2D eigenvalue weighted by Crippen LogP contribution is 2.25. The lowest BCUT2D eigenvalue weighted by atomic mass is 9.96. The maximum absolute atomic E-state index is 11.3. The Morgan fingerprint density at radius 3 is 2.53 bits per heavy atom. The maximum atomic E-state index is 11.3. The third kappa shape index (κ3) is 3.66. The summed E-state index contributed by atoms with van der Waals surface area (Å²) in [6.45, 7) is 9.08. The van der Waals surface area contributed by atoms with Crippen molar-refractivity contribution in [3.63, 3.8) is 0 Å². The average molecular weight is 257 g/mol. The fourth-order valence-electron chi connectivity index (χ4n) is 1.18. The van der Waals surface area contributed by atoms with E-state index in [9.17, 15) is 4.79 Å². The molecule has 96 valence electrons. The number of rotatable bonds is 4. The van der Waals surface area contributed by atoms with E-state index in [1.54, 1.807) is 0 Å². The highest BCUT2D eigenvalue weighted by Gasteiger charge is 2.22. The van der Waals surface area contributed by atoms with Gasteiger partial charge >= 0.3 is 5.97 Å². The molecule has 1 aromatic rings. The summed E-state index contributed by atoms with van der Waals surface area (Å²) in [6, 6.07) is 0. The van der Waals surface area contributed by atoms with E-state index < -0.39 is 0 Å². The van der Waals surface area contributed by atoms with Gasteiger partial charge in [0, 0.05) is 23.5 Å². The van der Waals surface area contributed by atoms with Crippen LogP contribution in [0, 0.1) is 0 Å². The van der Waals surface area contributed by atoms with Gasteiger partial charge in [-0.05, 0) is 6.92 Å². The molecular weight excluding hydrogens is 238 g/mol. The van der Waals surface area contributed by atoms with Gasteiger partial charge in [-0.1, -0.05) is 20.8 Å². The molecule has 0 fully saturated rings. The van der Waals surface area contributed by atoms with E-state index in [2.05, 4.69) is 34.9 Å². The minimum Gasteiger partial charge on any atom is -0.468 e. The van der Waals surface area contributed by atoms with Crippen LogP contribution in [0.3, 0.4) is 0 Å². The molecule has 1 rings (SSSR count). The molecule has 5 nitrogen and oxygen atoms in total. The lowest BCUT2D eigenvalue weighted by Crippen LogP contribution is -2.30. The summed E-state index contributed by atoms with van der Waals surface area (Å²) in [5.41, 5.74) is -0.0700. The topological polar surface area (TPSA) is 55.3 Å². The van der Waals surface area contributed by atoms with Gasteiger partial charge in [-0.3, -0.25) is 4.79 Å². The molecule has 0 saturated carbocycles. The summed E-state index contributed by atoms with van der Waals surface area (Å²) in [5.74, 6) is 0.542. The molecule has 1 aromatic heterocycles. The Balaban J connectivity index is 2.83. The summed E-state index contributed by atoms with van der Waals surface area (Å²) in [5, 5.41) is 0.767. The Morgan fingerprint density at radius 2 is 2.12 bits per heavy atom. The van der Waals surface area contributed by atoms with E-state index >= 15 is 0 Å². The smallest absolute Gasteiger partial charge is 0.325 e. The van der Waals surface area contributed by atoms with Crippen LogP contribution in [0.4, 0.5) is 5.13 Å². The summed E-state index contributed by atoms with van der Waals surface area (Å²) in [4.78, 5) is 17.6. The molecule has 0 N–H and O–H groups in total. The number of esters is 1. The number of hydrogen-bond donors (Lipinski definition) is 0. The third-order valence-corrected chi connectivity index (χ3v) is 3.06. The van der Waals surface area contributed by atoms with Crippen molar-refractivity contribution >= 4 is 22.6 Å². The minimum absolute atomic E-state index is 0.0700. The number of likely N-dealkylation sites (N-methyl/N-ethyl adjacent to an activating group) is 1. The van der Waals surface area contributed by atoms with Crippen LogP contribution in [0.5, 0.6) is 0 Å². The van der Waals surface area contributed by atoms with Crippen molar-refractivity contribution < 1.29 is 9.53 Å². The van der Waals surface area contributed by atoms with Crippen molar-refractivity contribution in [1.29, 1.82) is 0 Å². The van der Waals surface area contributed by atoms with E-state index in [1.807, 2.05) is 11.8 Å². The van der Waals surface area contributed by atoms with Crippen LogP contribution in [0.25, 0.3) is 0 Å². The number of carbonyl (C=O) groups excluding carboxylic acids is 1. The van der Waals surface area contributed by atoms with Gasteiger partial charge in [0.2, 0.25) is 5.13 Å². The fourth-order valence-corrected chi connectivity index (χ4v) is 2.10. The summed E-state index contributed by atoms with van der Waals surface area (Å²) in [7, 11) is 1.39. The molecule has 0 atom stereocenters. The van der Waals surface area contributed by atoms with E-state index in [0.29, 0.717) is 6.54 Å². The number of anilines is 1. The van der Waals surface area contributed by atoms with Crippen LogP contribution < -0.4 is 4.90 Å². The van der Waals surface area contributed by atoms with Gasteiger partial charge in [0.05, 0.1) is 7.11 Å². The first-order valence-electron chi connectivity index (χ1n) is 5.54. The number of carbonyl (C=O) groups is 1. The molecule has 0 aliphatic rings. The number of ether oxygens (including phenoxy) is 1.